The fourth-order valence-corrected chi connectivity index (χ4v) is 2.63. The summed E-state index contributed by atoms with van der Waals surface area (Å²) in [5, 5.41) is 5.23. The lowest BCUT2D eigenvalue weighted by molar-refractivity contribution is -0.142. The molecule has 1 aromatic rings. The van der Waals surface area contributed by atoms with Gasteiger partial charge in [-0.15, -0.1) is 0 Å². The molecule has 0 radical (unpaired) electrons. The van der Waals surface area contributed by atoms with Gasteiger partial charge in [-0.05, 0) is 13.8 Å². The Morgan fingerprint density at radius 3 is 2.70 bits per heavy atom. The van der Waals surface area contributed by atoms with E-state index in [0.29, 0.717) is 0 Å². The predicted molar refractivity (Wildman–Crippen MR) is 66.3 cm³/mol. The molecule has 1 aromatic heterocycles. The van der Waals surface area contributed by atoms with Gasteiger partial charge < -0.3 is 9.47 Å². The summed E-state index contributed by atoms with van der Waals surface area (Å²) < 4.78 is 35.3. The predicted octanol–water partition coefficient (Wildman–Crippen LogP) is -0.574. The van der Waals surface area contributed by atoms with Crippen molar-refractivity contribution in [2.75, 3.05) is 13.7 Å². The number of rotatable bonds is 6. The van der Waals surface area contributed by atoms with Gasteiger partial charge in [0.15, 0.2) is 5.03 Å². The molecule has 112 valence electrons. The average molecular weight is 305 g/mol. The van der Waals surface area contributed by atoms with Gasteiger partial charge in [0, 0.05) is 0 Å². The minimum absolute atomic E-state index is 0.0928. The molecule has 0 aliphatic rings. The van der Waals surface area contributed by atoms with Gasteiger partial charge in [0.1, 0.15) is 11.6 Å². The number of aromatic amines is 1. The van der Waals surface area contributed by atoms with Crippen LogP contribution < -0.4 is 4.72 Å². The van der Waals surface area contributed by atoms with E-state index in [9.17, 15) is 18.0 Å². The average Bonchev–Trinajstić information content (AvgIpc) is 2.87. The number of carbonyl (C=O) groups is 2. The van der Waals surface area contributed by atoms with Crippen LogP contribution in [0.3, 0.4) is 0 Å². The van der Waals surface area contributed by atoms with Crippen LogP contribution in [0.2, 0.25) is 0 Å². The largest absolute Gasteiger partial charge is 0.468 e. The zero-order valence-electron chi connectivity index (χ0n) is 11.2. The maximum Gasteiger partial charge on any atom is 0.342 e. The first-order chi connectivity index (χ1) is 9.33. The highest BCUT2D eigenvalue weighted by molar-refractivity contribution is 7.89. The fraction of sp³-hybridized carbons (Fsp3) is 0.500. The fourth-order valence-electron chi connectivity index (χ4n) is 1.35. The summed E-state index contributed by atoms with van der Waals surface area (Å²) in [6, 6.07) is -1.11. The molecule has 0 amide bonds. The quantitative estimate of drug-likeness (QED) is 0.673. The second-order valence-electron chi connectivity index (χ2n) is 3.70. The summed E-state index contributed by atoms with van der Waals surface area (Å²) in [7, 11) is -3.00. The number of aromatic nitrogens is 2. The van der Waals surface area contributed by atoms with Gasteiger partial charge in [0.2, 0.25) is 0 Å². The number of sulfonamides is 1. The van der Waals surface area contributed by atoms with Crippen LogP contribution in [-0.2, 0) is 24.3 Å². The van der Waals surface area contributed by atoms with Gasteiger partial charge in [-0.1, -0.05) is 0 Å². The van der Waals surface area contributed by atoms with Crippen molar-refractivity contribution in [3.8, 4) is 0 Å². The molecular formula is C10H15N3O6S. The van der Waals surface area contributed by atoms with Crippen LogP contribution in [0.4, 0.5) is 0 Å². The first-order valence-electron chi connectivity index (χ1n) is 5.64. The molecule has 1 atom stereocenters. The number of hydrogen-bond acceptors (Lipinski definition) is 7. The van der Waals surface area contributed by atoms with Gasteiger partial charge in [0.05, 0.1) is 19.9 Å². The van der Waals surface area contributed by atoms with Crippen LogP contribution in [0.25, 0.3) is 0 Å². The number of esters is 2. The lowest BCUT2D eigenvalue weighted by atomic mass is 10.4. The van der Waals surface area contributed by atoms with Crippen LogP contribution in [0.5, 0.6) is 0 Å². The first kappa shape index (κ1) is 16.1. The molecule has 0 saturated heterocycles. The summed E-state index contributed by atoms with van der Waals surface area (Å²) >= 11 is 0. The summed E-state index contributed by atoms with van der Waals surface area (Å²) in [5.41, 5.74) is -0.239. The van der Waals surface area contributed by atoms with E-state index >= 15 is 0 Å². The third-order valence-corrected chi connectivity index (χ3v) is 3.77. The molecule has 0 spiro atoms. The Hall–Kier alpha value is -1.94. The minimum Gasteiger partial charge on any atom is -0.468 e. The van der Waals surface area contributed by atoms with Crippen molar-refractivity contribution in [2.45, 2.75) is 24.9 Å². The molecular weight excluding hydrogens is 290 g/mol. The number of hydrogen-bond donors (Lipinski definition) is 2. The van der Waals surface area contributed by atoms with E-state index in [4.69, 9.17) is 4.74 Å². The van der Waals surface area contributed by atoms with E-state index in [2.05, 4.69) is 19.7 Å². The minimum atomic E-state index is -4.14. The Balaban J connectivity index is 3.02. The van der Waals surface area contributed by atoms with Crippen LogP contribution in [0.15, 0.2) is 11.2 Å². The second kappa shape index (κ2) is 6.48. The Morgan fingerprint density at radius 2 is 2.15 bits per heavy atom. The van der Waals surface area contributed by atoms with Crippen molar-refractivity contribution >= 4 is 22.0 Å². The van der Waals surface area contributed by atoms with Crippen LogP contribution in [0.1, 0.15) is 24.2 Å². The van der Waals surface area contributed by atoms with E-state index in [-0.39, 0.29) is 12.2 Å². The number of H-pyrrole nitrogens is 1. The summed E-state index contributed by atoms with van der Waals surface area (Å²) in [6.45, 7) is 2.99. The summed E-state index contributed by atoms with van der Waals surface area (Å²) in [4.78, 5) is 22.8. The molecule has 0 aliphatic heterocycles. The lowest BCUT2D eigenvalue weighted by Crippen LogP contribution is -2.39. The highest BCUT2D eigenvalue weighted by atomic mass is 32.2. The Labute approximate surface area is 115 Å². The smallest absolute Gasteiger partial charge is 0.342 e. The third kappa shape index (κ3) is 3.54. The molecule has 20 heavy (non-hydrogen) atoms. The number of nitrogens with one attached hydrogen (secondary N) is 2. The number of ether oxygens (including phenoxy) is 2. The molecule has 1 heterocycles. The second-order valence-corrected chi connectivity index (χ2v) is 5.35. The summed E-state index contributed by atoms with van der Waals surface area (Å²) in [6.07, 6.45) is 1.04. The van der Waals surface area contributed by atoms with Crippen molar-refractivity contribution in [3.63, 3.8) is 0 Å². The molecule has 0 aromatic carbocycles. The molecule has 0 unspecified atom stereocenters. The van der Waals surface area contributed by atoms with Gasteiger partial charge in [-0.3, -0.25) is 9.89 Å². The van der Waals surface area contributed by atoms with Crippen molar-refractivity contribution in [2.24, 2.45) is 0 Å². The maximum atomic E-state index is 12.1. The zero-order chi connectivity index (χ0) is 15.3. The van der Waals surface area contributed by atoms with E-state index in [1.807, 2.05) is 0 Å². The van der Waals surface area contributed by atoms with Crippen molar-refractivity contribution in [3.05, 3.63) is 11.8 Å². The van der Waals surface area contributed by atoms with Crippen molar-refractivity contribution < 1.29 is 27.5 Å². The monoisotopic (exact) mass is 305 g/mol. The van der Waals surface area contributed by atoms with Gasteiger partial charge >= 0.3 is 11.9 Å². The maximum absolute atomic E-state index is 12.1. The standard InChI is InChI=1S/C10H15N3O6S/c1-4-19-10(15)7-5-11-12-8(7)20(16,17)13-6(2)9(14)18-3/h5-6,13H,4H2,1-3H3,(H,11,12)/t6-/m0/s1. The molecule has 9 nitrogen and oxygen atoms in total. The normalized spacial score (nSPS) is 12.8. The van der Waals surface area contributed by atoms with Crippen LogP contribution >= 0.6 is 0 Å². The molecule has 0 bridgehead atoms. The van der Waals surface area contributed by atoms with E-state index in [0.717, 1.165) is 13.3 Å². The summed E-state index contributed by atoms with van der Waals surface area (Å²) in [5.74, 6) is -1.59. The Kier molecular flexibility index (Phi) is 5.22. The molecule has 2 N–H and O–H groups in total. The van der Waals surface area contributed by atoms with Crippen molar-refractivity contribution in [1.29, 1.82) is 0 Å². The van der Waals surface area contributed by atoms with Crippen LogP contribution in [0, 0.1) is 0 Å². The third-order valence-electron chi connectivity index (χ3n) is 2.26. The van der Waals surface area contributed by atoms with Gasteiger partial charge in [0.25, 0.3) is 10.0 Å². The molecule has 0 saturated carbocycles. The van der Waals surface area contributed by atoms with Gasteiger partial charge in [-0.2, -0.15) is 9.82 Å². The topological polar surface area (TPSA) is 127 Å². The highest BCUT2D eigenvalue weighted by Crippen LogP contribution is 2.13. The van der Waals surface area contributed by atoms with Crippen molar-refractivity contribution in [1.82, 2.24) is 14.9 Å². The number of nitrogens with zero attached hydrogens (tertiary/aromatic N) is 1. The Bertz CT molecular complexity index is 594. The molecule has 10 heteroatoms. The Morgan fingerprint density at radius 1 is 1.50 bits per heavy atom. The molecule has 0 fully saturated rings. The molecule has 1 rings (SSSR count). The first-order valence-corrected chi connectivity index (χ1v) is 7.12. The van der Waals surface area contributed by atoms with E-state index < -0.39 is 33.0 Å². The molecule has 0 aliphatic carbocycles. The zero-order valence-corrected chi connectivity index (χ0v) is 12.0. The number of carbonyl (C=O) groups excluding carboxylic acids is 2. The SMILES string of the molecule is CCOC(=O)c1cn[nH]c1S(=O)(=O)N[C@@H](C)C(=O)OC. The highest BCUT2D eigenvalue weighted by Gasteiger charge is 2.29. The van der Waals surface area contributed by atoms with E-state index in [1.165, 1.54) is 6.92 Å². The van der Waals surface area contributed by atoms with E-state index in [1.54, 1.807) is 6.92 Å². The number of methoxy groups -OCH3 is 1. The van der Waals surface area contributed by atoms with Crippen LogP contribution in [-0.4, -0.2) is 50.3 Å². The van der Waals surface area contributed by atoms with Gasteiger partial charge in [-0.25, -0.2) is 13.2 Å². The lowest BCUT2D eigenvalue weighted by Gasteiger charge is -2.11.